The Balaban J connectivity index is 3.31. The van der Waals surface area contributed by atoms with Crippen molar-refractivity contribution < 1.29 is 8.78 Å². The Labute approximate surface area is 114 Å². The third-order valence-corrected chi connectivity index (χ3v) is 4.06. The van der Waals surface area contributed by atoms with Crippen LogP contribution in [0.4, 0.5) is 8.78 Å². The highest BCUT2D eigenvalue weighted by atomic mass is 19.2. The van der Waals surface area contributed by atoms with Crippen molar-refractivity contribution in [1.29, 1.82) is 0 Å². The van der Waals surface area contributed by atoms with Crippen LogP contribution in [0.1, 0.15) is 38.8 Å². The number of benzene rings is 1. The average Bonchev–Trinajstić information content (AvgIpc) is 2.38. The zero-order chi connectivity index (χ0) is 14.6. The summed E-state index contributed by atoms with van der Waals surface area (Å²) < 4.78 is 27.5. The van der Waals surface area contributed by atoms with Gasteiger partial charge in [0.2, 0.25) is 0 Å². The van der Waals surface area contributed by atoms with E-state index in [1.165, 1.54) is 0 Å². The highest BCUT2D eigenvalue weighted by molar-refractivity contribution is 5.26. The fraction of sp³-hybridized carbons (Fsp3) is 0.600. The molecule has 0 radical (unpaired) electrons. The maximum Gasteiger partial charge on any atom is 0.163 e. The van der Waals surface area contributed by atoms with Gasteiger partial charge in [-0.05, 0) is 40.1 Å². The first kappa shape index (κ1) is 16.1. The summed E-state index contributed by atoms with van der Waals surface area (Å²) in [4.78, 5) is 2.06. The second kappa shape index (κ2) is 6.44. The quantitative estimate of drug-likeness (QED) is 0.853. The molecule has 1 aromatic rings. The Morgan fingerprint density at radius 3 is 2.37 bits per heavy atom. The molecule has 0 bridgehead atoms. The molecular weight excluding hydrogens is 246 g/mol. The van der Waals surface area contributed by atoms with Gasteiger partial charge in [0.25, 0.3) is 0 Å². The van der Waals surface area contributed by atoms with Crippen LogP contribution in [0.15, 0.2) is 18.2 Å². The van der Waals surface area contributed by atoms with Gasteiger partial charge < -0.3 is 10.2 Å². The van der Waals surface area contributed by atoms with E-state index in [0.717, 1.165) is 12.5 Å². The van der Waals surface area contributed by atoms with E-state index in [2.05, 4.69) is 24.1 Å². The Bertz CT molecular complexity index is 421. The first-order valence-electron chi connectivity index (χ1n) is 6.73. The van der Waals surface area contributed by atoms with Gasteiger partial charge in [0.1, 0.15) is 0 Å². The molecule has 0 aromatic heterocycles. The number of hydrogen-bond acceptors (Lipinski definition) is 2. The predicted octanol–water partition coefficient (Wildman–Crippen LogP) is 3.35. The molecule has 1 rings (SSSR count). The average molecular weight is 270 g/mol. The van der Waals surface area contributed by atoms with Gasteiger partial charge in [0.15, 0.2) is 11.6 Å². The molecule has 19 heavy (non-hydrogen) atoms. The van der Waals surface area contributed by atoms with Crippen molar-refractivity contribution in [2.45, 2.75) is 38.8 Å². The molecule has 0 aliphatic heterocycles. The molecule has 2 atom stereocenters. The van der Waals surface area contributed by atoms with Crippen LogP contribution in [0, 0.1) is 11.6 Å². The van der Waals surface area contributed by atoms with Gasteiger partial charge in [-0.2, -0.15) is 0 Å². The highest BCUT2D eigenvalue weighted by Gasteiger charge is 2.37. The zero-order valence-electron chi connectivity index (χ0n) is 12.4. The first-order chi connectivity index (χ1) is 8.88. The molecule has 2 nitrogen and oxygen atoms in total. The van der Waals surface area contributed by atoms with Crippen molar-refractivity contribution in [2.75, 3.05) is 20.6 Å². The molecule has 0 aliphatic rings. The van der Waals surface area contributed by atoms with Gasteiger partial charge in [-0.1, -0.05) is 26.0 Å². The molecule has 1 N–H and O–H groups in total. The lowest BCUT2D eigenvalue weighted by molar-refractivity contribution is 0.111. The van der Waals surface area contributed by atoms with Crippen LogP contribution in [0.25, 0.3) is 0 Å². The minimum Gasteiger partial charge on any atom is -0.309 e. The molecule has 108 valence electrons. The van der Waals surface area contributed by atoms with Crippen molar-refractivity contribution in [3.63, 3.8) is 0 Å². The number of rotatable bonds is 6. The normalized spacial score (nSPS) is 16.4. The van der Waals surface area contributed by atoms with E-state index in [0.29, 0.717) is 12.1 Å². The van der Waals surface area contributed by atoms with Crippen LogP contribution in [-0.4, -0.2) is 31.1 Å². The minimum atomic E-state index is -0.794. The van der Waals surface area contributed by atoms with Crippen molar-refractivity contribution in [3.05, 3.63) is 35.4 Å². The molecule has 2 unspecified atom stereocenters. The molecule has 0 spiro atoms. The molecule has 0 amide bonds. The maximum absolute atomic E-state index is 14.1. The number of likely N-dealkylation sites (N-methyl/N-ethyl adjacent to an activating group) is 2. The summed E-state index contributed by atoms with van der Waals surface area (Å²) in [5.74, 6) is -1.55. The van der Waals surface area contributed by atoms with Crippen molar-refractivity contribution >= 4 is 0 Å². The minimum absolute atomic E-state index is 0.256. The molecule has 4 heteroatoms. The van der Waals surface area contributed by atoms with Gasteiger partial charge in [-0.15, -0.1) is 0 Å². The van der Waals surface area contributed by atoms with Crippen molar-refractivity contribution in [2.24, 2.45) is 0 Å². The van der Waals surface area contributed by atoms with Gasteiger partial charge in [-0.25, -0.2) is 8.78 Å². The van der Waals surface area contributed by atoms with E-state index in [4.69, 9.17) is 0 Å². The monoisotopic (exact) mass is 270 g/mol. The highest BCUT2D eigenvalue weighted by Crippen LogP contribution is 2.34. The molecule has 0 saturated heterocycles. The molecule has 0 fully saturated rings. The number of hydrogen-bond donors (Lipinski definition) is 1. The topological polar surface area (TPSA) is 15.3 Å². The number of nitrogens with one attached hydrogen (secondary N) is 1. The molecule has 1 aromatic carbocycles. The molecular formula is C15H24F2N2. The van der Waals surface area contributed by atoms with Crippen LogP contribution < -0.4 is 5.32 Å². The van der Waals surface area contributed by atoms with Gasteiger partial charge in [0, 0.05) is 11.1 Å². The third-order valence-electron chi connectivity index (χ3n) is 4.06. The number of nitrogens with zero attached hydrogens (tertiary/aromatic N) is 1. The third kappa shape index (κ3) is 3.12. The summed E-state index contributed by atoms with van der Waals surface area (Å²) in [6.45, 7) is 6.78. The Morgan fingerprint density at radius 1 is 1.26 bits per heavy atom. The Morgan fingerprint density at radius 2 is 1.89 bits per heavy atom. The van der Waals surface area contributed by atoms with E-state index in [9.17, 15) is 8.78 Å². The van der Waals surface area contributed by atoms with Crippen LogP contribution in [0.3, 0.4) is 0 Å². The molecule has 0 saturated carbocycles. The molecule has 0 heterocycles. The summed E-state index contributed by atoms with van der Waals surface area (Å²) >= 11 is 0. The largest absolute Gasteiger partial charge is 0.309 e. The lowest BCUT2D eigenvalue weighted by Gasteiger charge is -2.43. The SMILES string of the molecule is CCNC(c1cccc(F)c1F)C(C)(CC)N(C)C. The van der Waals surface area contributed by atoms with Crippen LogP contribution in [0.2, 0.25) is 0 Å². The smallest absolute Gasteiger partial charge is 0.163 e. The predicted molar refractivity (Wildman–Crippen MR) is 75.2 cm³/mol. The fourth-order valence-corrected chi connectivity index (χ4v) is 2.39. The first-order valence-corrected chi connectivity index (χ1v) is 6.73. The summed E-state index contributed by atoms with van der Waals surface area (Å²) in [5.41, 5.74) is 0.102. The second-order valence-corrected chi connectivity index (χ2v) is 5.24. The van der Waals surface area contributed by atoms with Gasteiger partial charge >= 0.3 is 0 Å². The lowest BCUT2D eigenvalue weighted by atomic mass is 9.83. The van der Waals surface area contributed by atoms with E-state index >= 15 is 0 Å². The maximum atomic E-state index is 14.1. The Hall–Kier alpha value is -1.00. The molecule has 0 aliphatic carbocycles. The summed E-state index contributed by atoms with van der Waals surface area (Å²) in [6, 6.07) is 4.11. The van der Waals surface area contributed by atoms with Crippen LogP contribution in [-0.2, 0) is 0 Å². The second-order valence-electron chi connectivity index (χ2n) is 5.24. The lowest BCUT2D eigenvalue weighted by Crippen LogP contribution is -2.51. The standard InChI is InChI=1S/C15H24F2N2/c1-6-15(3,19(4)5)14(18-7-2)11-9-8-10-12(16)13(11)17/h8-10,14,18H,6-7H2,1-5H3. The summed E-state index contributed by atoms with van der Waals surface area (Å²) in [6.07, 6.45) is 0.827. The van der Waals surface area contributed by atoms with E-state index in [-0.39, 0.29) is 11.6 Å². The van der Waals surface area contributed by atoms with E-state index in [1.807, 2.05) is 21.0 Å². The number of halogens is 2. The Kier molecular flexibility index (Phi) is 5.44. The zero-order valence-corrected chi connectivity index (χ0v) is 12.4. The fourth-order valence-electron chi connectivity index (χ4n) is 2.39. The van der Waals surface area contributed by atoms with E-state index < -0.39 is 11.6 Å². The van der Waals surface area contributed by atoms with Crippen LogP contribution >= 0.6 is 0 Å². The van der Waals surface area contributed by atoms with Crippen molar-refractivity contribution in [1.82, 2.24) is 10.2 Å². The van der Waals surface area contributed by atoms with Crippen LogP contribution in [0.5, 0.6) is 0 Å². The summed E-state index contributed by atoms with van der Waals surface area (Å²) in [5, 5.41) is 3.29. The van der Waals surface area contributed by atoms with Crippen molar-refractivity contribution in [3.8, 4) is 0 Å². The van der Waals surface area contributed by atoms with E-state index in [1.54, 1.807) is 12.1 Å². The van der Waals surface area contributed by atoms with Gasteiger partial charge in [0.05, 0.1) is 6.04 Å². The van der Waals surface area contributed by atoms with Gasteiger partial charge in [-0.3, -0.25) is 0 Å². The summed E-state index contributed by atoms with van der Waals surface area (Å²) in [7, 11) is 3.93.